The average Bonchev–Trinajstić information content (AvgIpc) is 2.24. The third-order valence-corrected chi connectivity index (χ3v) is 3.62. The minimum atomic E-state index is -3.23. The van der Waals surface area contributed by atoms with E-state index in [0.29, 0.717) is 5.69 Å². The van der Waals surface area contributed by atoms with Crippen LogP contribution in [-0.4, -0.2) is 27.4 Å². The third kappa shape index (κ3) is 4.72. The van der Waals surface area contributed by atoms with E-state index in [2.05, 4.69) is 11.6 Å². The molecular formula is C13H23N3O2S. The second-order valence-electron chi connectivity index (χ2n) is 4.81. The van der Waals surface area contributed by atoms with Gasteiger partial charge in [0.25, 0.3) is 0 Å². The molecule has 108 valence electrons. The second-order valence-corrected chi connectivity index (χ2v) is 6.59. The van der Waals surface area contributed by atoms with Crippen LogP contribution in [0.3, 0.4) is 0 Å². The molecule has 0 saturated carbocycles. The first-order valence-electron chi connectivity index (χ1n) is 6.34. The molecule has 0 amide bonds. The summed E-state index contributed by atoms with van der Waals surface area (Å²) in [5.74, 6) is 0. The Labute approximate surface area is 115 Å². The van der Waals surface area contributed by atoms with Crippen molar-refractivity contribution in [1.29, 1.82) is 0 Å². The fourth-order valence-electron chi connectivity index (χ4n) is 2.14. The summed E-state index contributed by atoms with van der Waals surface area (Å²) in [6.45, 7) is 6.65. The van der Waals surface area contributed by atoms with Crippen molar-refractivity contribution >= 4 is 21.4 Å². The Hall–Kier alpha value is -1.27. The van der Waals surface area contributed by atoms with E-state index in [1.54, 1.807) is 0 Å². The first-order valence-corrected chi connectivity index (χ1v) is 8.23. The lowest BCUT2D eigenvalue weighted by Gasteiger charge is -2.32. The standard InChI is InChI=1S/C13H23N3O2S/c1-5-8-16(11(3)15-19(4,17)18)13-7-6-12(14)9-10(13)2/h6-7,9,11,15H,5,8,14H2,1-4H3. The van der Waals surface area contributed by atoms with Crippen LogP contribution in [0.4, 0.5) is 11.4 Å². The number of nitrogens with two attached hydrogens (primary N) is 1. The SMILES string of the molecule is CCCN(c1ccc(N)cc1C)C(C)NS(C)(=O)=O. The molecule has 0 fully saturated rings. The number of hydrogen-bond acceptors (Lipinski definition) is 4. The molecule has 0 aliphatic rings. The van der Waals surface area contributed by atoms with E-state index in [-0.39, 0.29) is 6.17 Å². The molecule has 19 heavy (non-hydrogen) atoms. The van der Waals surface area contributed by atoms with Gasteiger partial charge >= 0.3 is 0 Å². The van der Waals surface area contributed by atoms with Crippen molar-refractivity contribution in [2.24, 2.45) is 0 Å². The van der Waals surface area contributed by atoms with Gasteiger partial charge in [-0.1, -0.05) is 6.92 Å². The molecule has 1 unspecified atom stereocenters. The summed E-state index contributed by atoms with van der Waals surface area (Å²) in [5, 5.41) is 0. The van der Waals surface area contributed by atoms with Crippen molar-refractivity contribution in [3.63, 3.8) is 0 Å². The fraction of sp³-hybridized carbons (Fsp3) is 0.538. The number of hydrogen-bond donors (Lipinski definition) is 2. The van der Waals surface area contributed by atoms with Crippen molar-refractivity contribution in [2.75, 3.05) is 23.4 Å². The number of rotatable bonds is 6. The van der Waals surface area contributed by atoms with Gasteiger partial charge in [-0.3, -0.25) is 0 Å². The van der Waals surface area contributed by atoms with Gasteiger partial charge in [0.1, 0.15) is 0 Å². The lowest BCUT2D eigenvalue weighted by Crippen LogP contribution is -2.46. The van der Waals surface area contributed by atoms with E-state index in [1.807, 2.05) is 36.9 Å². The summed E-state index contributed by atoms with van der Waals surface area (Å²) in [4.78, 5) is 2.04. The van der Waals surface area contributed by atoms with Crippen LogP contribution in [0.25, 0.3) is 0 Å². The zero-order valence-corrected chi connectivity index (χ0v) is 12.8. The van der Waals surface area contributed by atoms with E-state index in [0.717, 1.165) is 24.2 Å². The van der Waals surface area contributed by atoms with Crippen LogP contribution in [0.2, 0.25) is 0 Å². The highest BCUT2D eigenvalue weighted by Crippen LogP contribution is 2.24. The summed E-state index contributed by atoms with van der Waals surface area (Å²) in [6.07, 6.45) is 1.81. The Morgan fingerprint density at radius 3 is 2.53 bits per heavy atom. The molecule has 0 heterocycles. The van der Waals surface area contributed by atoms with Gasteiger partial charge in [-0.2, -0.15) is 4.72 Å². The van der Waals surface area contributed by atoms with Gasteiger partial charge in [0, 0.05) is 17.9 Å². The van der Waals surface area contributed by atoms with Crippen LogP contribution in [0, 0.1) is 6.92 Å². The zero-order valence-electron chi connectivity index (χ0n) is 12.0. The minimum absolute atomic E-state index is 0.294. The van der Waals surface area contributed by atoms with E-state index in [1.165, 1.54) is 6.26 Å². The Bertz CT molecular complexity index is 529. The van der Waals surface area contributed by atoms with Gasteiger partial charge < -0.3 is 10.6 Å². The molecule has 0 spiro atoms. The third-order valence-electron chi connectivity index (χ3n) is 2.85. The molecule has 0 aliphatic carbocycles. The largest absolute Gasteiger partial charge is 0.399 e. The zero-order chi connectivity index (χ0) is 14.6. The molecule has 1 aromatic carbocycles. The maximum Gasteiger partial charge on any atom is 0.210 e. The normalized spacial score (nSPS) is 13.3. The molecule has 1 rings (SSSR count). The highest BCUT2D eigenvalue weighted by atomic mass is 32.2. The van der Waals surface area contributed by atoms with Gasteiger partial charge in [-0.15, -0.1) is 0 Å². The summed E-state index contributed by atoms with van der Waals surface area (Å²) < 4.78 is 25.3. The van der Waals surface area contributed by atoms with Gasteiger partial charge in [-0.25, -0.2) is 8.42 Å². The Morgan fingerprint density at radius 2 is 2.05 bits per heavy atom. The number of nitrogens with zero attached hydrogens (tertiary/aromatic N) is 1. The van der Waals surface area contributed by atoms with Gasteiger partial charge in [0.05, 0.1) is 12.4 Å². The monoisotopic (exact) mass is 285 g/mol. The number of aryl methyl sites for hydroxylation is 1. The molecule has 6 heteroatoms. The lowest BCUT2D eigenvalue weighted by atomic mass is 10.1. The van der Waals surface area contributed by atoms with Crippen LogP contribution < -0.4 is 15.4 Å². The maximum absolute atomic E-state index is 11.4. The first-order chi connectivity index (χ1) is 8.74. The molecule has 0 aliphatic heterocycles. The summed E-state index contributed by atoms with van der Waals surface area (Å²) in [7, 11) is -3.23. The van der Waals surface area contributed by atoms with E-state index >= 15 is 0 Å². The van der Waals surface area contributed by atoms with Crippen molar-refractivity contribution in [2.45, 2.75) is 33.4 Å². The van der Waals surface area contributed by atoms with Crippen LogP contribution in [0.1, 0.15) is 25.8 Å². The van der Waals surface area contributed by atoms with Crippen LogP contribution in [0.15, 0.2) is 18.2 Å². The fourth-order valence-corrected chi connectivity index (χ4v) is 2.88. The van der Waals surface area contributed by atoms with Crippen molar-refractivity contribution in [3.05, 3.63) is 23.8 Å². The quantitative estimate of drug-likeness (QED) is 0.616. The van der Waals surface area contributed by atoms with E-state index in [4.69, 9.17) is 5.73 Å². The van der Waals surface area contributed by atoms with E-state index < -0.39 is 10.0 Å². The second kappa shape index (κ2) is 6.25. The number of anilines is 2. The average molecular weight is 285 g/mol. The molecule has 1 aromatic rings. The van der Waals surface area contributed by atoms with Crippen molar-refractivity contribution in [1.82, 2.24) is 4.72 Å². The first kappa shape index (κ1) is 15.8. The molecule has 3 N–H and O–H groups in total. The van der Waals surface area contributed by atoms with Gasteiger partial charge in [0.2, 0.25) is 10.0 Å². The molecule has 1 atom stereocenters. The predicted octanol–water partition coefficient (Wildman–Crippen LogP) is 1.69. The van der Waals surface area contributed by atoms with Crippen molar-refractivity contribution in [3.8, 4) is 0 Å². The number of sulfonamides is 1. The smallest absolute Gasteiger partial charge is 0.210 e. The molecule has 0 radical (unpaired) electrons. The maximum atomic E-state index is 11.4. The van der Waals surface area contributed by atoms with Gasteiger partial charge in [0.15, 0.2) is 0 Å². The molecular weight excluding hydrogens is 262 g/mol. The van der Waals surface area contributed by atoms with Crippen LogP contribution in [-0.2, 0) is 10.0 Å². The number of nitrogen functional groups attached to an aromatic ring is 1. The minimum Gasteiger partial charge on any atom is -0.399 e. The lowest BCUT2D eigenvalue weighted by molar-refractivity contribution is 0.549. The summed E-state index contributed by atoms with van der Waals surface area (Å²) in [6, 6.07) is 5.66. The van der Waals surface area contributed by atoms with E-state index in [9.17, 15) is 8.42 Å². The molecule has 0 aromatic heterocycles. The molecule has 0 saturated heterocycles. The Balaban J connectivity index is 3.05. The molecule has 0 bridgehead atoms. The van der Waals surface area contributed by atoms with Gasteiger partial charge in [-0.05, 0) is 44.0 Å². The predicted molar refractivity (Wildman–Crippen MR) is 80.7 cm³/mol. The highest BCUT2D eigenvalue weighted by Gasteiger charge is 2.18. The highest BCUT2D eigenvalue weighted by molar-refractivity contribution is 7.88. The topological polar surface area (TPSA) is 75.4 Å². The molecule has 5 nitrogen and oxygen atoms in total. The Morgan fingerprint density at radius 1 is 1.42 bits per heavy atom. The van der Waals surface area contributed by atoms with Crippen LogP contribution in [0.5, 0.6) is 0 Å². The van der Waals surface area contributed by atoms with Crippen LogP contribution >= 0.6 is 0 Å². The number of nitrogens with one attached hydrogen (secondary N) is 1. The summed E-state index contributed by atoms with van der Waals surface area (Å²) >= 11 is 0. The van der Waals surface area contributed by atoms with Crippen molar-refractivity contribution < 1.29 is 8.42 Å². The summed E-state index contributed by atoms with van der Waals surface area (Å²) in [5.41, 5.74) is 8.50. The Kier molecular flexibility index (Phi) is 5.20. The number of benzene rings is 1.